The SMILES string of the molecule is CC.O.O.O=C(O)c1ccc(C(=O)O)cc1.OCc1ccc(CO)cc1.OCc1ccc(CO)o1. The fourth-order valence-electron chi connectivity index (χ4n) is 2.10. The molecule has 0 aliphatic carbocycles. The van der Waals surface area contributed by atoms with Gasteiger partial charge in [0.1, 0.15) is 24.7 Å². The Labute approximate surface area is 202 Å². The molecule has 0 spiro atoms. The van der Waals surface area contributed by atoms with Crippen LogP contribution in [-0.4, -0.2) is 53.5 Å². The van der Waals surface area contributed by atoms with Crippen molar-refractivity contribution < 1.29 is 55.6 Å². The number of carboxylic acids is 2. The summed E-state index contributed by atoms with van der Waals surface area (Å²) in [6, 6.07) is 15.5. The molecule has 1 heterocycles. The van der Waals surface area contributed by atoms with Crippen LogP contribution in [-0.2, 0) is 26.4 Å². The van der Waals surface area contributed by atoms with Gasteiger partial charge >= 0.3 is 11.9 Å². The summed E-state index contributed by atoms with van der Waals surface area (Å²) in [5.41, 5.74) is 1.91. The minimum atomic E-state index is -1.06. The van der Waals surface area contributed by atoms with Crippen molar-refractivity contribution in [2.45, 2.75) is 40.3 Å². The van der Waals surface area contributed by atoms with Gasteiger partial charge in [0.25, 0.3) is 0 Å². The third-order valence-electron chi connectivity index (χ3n) is 3.80. The fourth-order valence-corrected chi connectivity index (χ4v) is 2.10. The van der Waals surface area contributed by atoms with Gasteiger partial charge in [-0.25, -0.2) is 9.59 Å². The first-order chi connectivity index (χ1) is 15.8. The van der Waals surface area contributed by atoms with Crippen molar-refractivity contribution in [1.29, 1.82) is 0 Å². The lowest BCUT2D eigenvalue weighted by molar-refractivity contribution is 0.0681. The van der Waals surface area contributed by atoms with Crippen LogP contribution >= 0.6 is 0 Å². The number of aromatic carboxylic acids is 2. The van der Waals surface area contributed by atoms with Crippen molar-refractivity contribution in [1.82, 2.24) is 0 Å². The van der Waals surface area contributed by atoms with Crippen molar-refractivity contribution in [3.05, 3.63) is 94.4 Å². The van der Waals surface area contributed by atoms with Crippen LogP contribution in [0.25, 0.3) is 0 Å². The maximum atomic E-state index is 10.3. The Hall–Kier alpha value is -3.58. The van der Waals surface area contributed by atoms with E-state index in [0.29, 0.717) is 11.5 Å². The van der Waals surface area contributed by atoms with Crippen molar-refractivity contribution in [2.75, 3.05) is 0 Å². The highest BCUT2D eigenvalue weighted by Crippen LogP contribution is 2.06. The molecule has 3 aromatic rings. The molecule has 0 saturated heterocycles. The third-order valence-corrected chi connectivity index (χ3v) is 3.80. The van der Waals surface area contributed by atoms with Gasteiger partial charge in [-0.1, -0.05) is 38.1 Å². The number of hydrogen-bond acceptors (Lipinski definition) is 7. The standard InChI is InChI=1S/C8H6O4.C8H10O2.C6H8O3.C2H6.2H2O/c9-7(10)5-1-2-6(4-3-5)8(11)12;9-5-7-1-2-8(6-10)4-3-7;7-3-5-1-2-6(4-8)9-5;1-2;;/h1-4H,(H,9,10)(H,11,12);1-4,9-10H,5-6H2;1-2,7-8H,3-4H2;1-2H3;2*1H2. The van der Waals surface area contributed by atoms with Gasteiger partial charge < -0.3 is 46.0 Å². The summed E-state index contributed by atoms with van der Waals surface area (Å²) < 4.78 is 4.88. The Bertz CT molecular complexity index is 858. The predicted molar refractivity (Wildman–Crippen MR) is 128 cm³/mol. The zero-order chi connectivity index (χ0) is 25.2. The average molecular weight is 499 g/mol. The summed E-state index contributed by atoms with van der Waals surface area (Å²) in [4.78, 5) is 20.7. The molecule has 11 nitrogen and oxygen atoms in total. The number of aliphatic hydroxyl groups is 4. The lowest BCUT2D eigenvalue weighted by Crippen LogP contribution is -1.99. The molecule has 0 aliphatic rings. The van der Waals surface area contributed by atoms with Crippen LogP contribution in [0.2, 0.25) is 0 Å². The Balaban J connectivity index is -0.000000415. The van der Waals surface area contributed by atoms with Crippen LogP contribution in [0.15, 0.2) is 65.1 Å². The van der Waals surface area contributed by atoms with Crippen LogP contribution in [0.5, 0.6) is 0 Å². The van der Waals surface area contributed by atoms with E-state index in [4.69, 9.17) is 35.1 Å². The molecule has 10 N–H and O–H groups in total. The topological polar surface area (TPSA) is 232 Å². The van der Waals surface area contributed by atoms with Gasteiger partial charge in [0.05, 0.1) is 24.3 Å². The smallest absolute Gasteiger partial charge is 0.335 e. The molecule has 0 bridgehead atoms. The minimum Gasteiger partial charge on any atom is -0.478 e. The van der Waals surface area contributed by atoms with Gasteiger partial charge in [0, 0.05) is 0 Å². The van der Waals surface area contributed by atoms with Gasteiger partial charge in [0.15, 0.2) is 0 Å². The van der Waals surface area contributed by atoms with Crippen molar-refractivity contribution in [2.24, 2.45) is 0 Å². The molecule has 0 aliphatic heterocycles. The zero-order valence-electron chi connectivity index (χ0n) is 19.5. The Morgan fingerprint density at radius 3 is 1.03 bits per heavy atom. The molecule has 0 saturated carbocycles. The molecule has 0 atom stereocenters. The predicted octanol–water partition coefficient (Wildman–Crippen LogP) is 1.40. The van der Waals surface area contributed by atoms with Gasteiger partial charge in [0.2, 0.25) is 0 Å². The van der Waals surface area contributed by atoms with Crippen molar-refractivity contribution in [3.63, 3.8) is 0 Å². The molecule has 0 unspecified atom stereocenters. The Morgan fingerprint density at radius 1 is 0.571 bits per heavy atom. The van der Waals surface area contributed by atoms with Gasteiger partial charge in [-0.2, -0.15) is 0 Å². The third kappa shape index (κ3) is 14.3. The van der Waals surface area contributed by atoms with Crippen LogP contribution in [0, 0.1) is 0 Å². The number of furan rings is 1. The second kappa shape index (κ2) is 21.0. The molecule has 0 fully saturated rings. The summed E-state index contributed by atoms with van der Waals surface area (Å²) in [6.07, 6.45) is 0. The van der Waals surface area contributed by atoms with Crippen molar-refractivity contribution in [3.8, 4) is 0 Å². The highest BCUT2D eigenvalue weighted by molar-refractivity contribution is 5.91. The summed E-state index contributed by atoms with van der Waals surface area (Å²) in [6.45, 7) is 3.90. The average Bonchev–Trinajstić information content (AvgIpc) is 3.34. The van der Waals surface area contributed by atoms with Crippen LogP contribution in [0.3, 0.4) is 0 Å². The van der Waals surface area contributed by atoms with E-state index >= 15 is 0 Å². The molecule has 0 amide bonds. The molecule has 1 aromatic heterocycles. The molecule has 3 rings (SSSR count). The minimum absolute atomic E-state index is 0. The maximum Gasteiger partial charge on any atom is 0.335 e. The normalized spacial score (nSPS) is 8.74. The van der Waals surface area contributed by atoms with Crippen LogP contribution < -0.4 is 0 Å². The molecule has 11 heteroatoms. The van der Waals surface area contributed by atoms with E-state index in [1.54, 1.807) is 36.4 Å². The molecule has 2 aromatic carbocycles. The Morgan fingerprint density at radius 2 is 0.857 bits per heavy atom. The lowest BCUT2D eigenvalue weighted by atomic mass is 10.1. The van der Waals surface area contributed by atoms with Crippen molar-refractivity contribution >= 4 is 11.9 Å². The first-order valence-electron chi connectivity index (χ1n) is 10.00. The van der Waals surface area contributed by atoms with E-state index in [2.05, 4.69) is 0 Å². The second-order valence-electron chi connectivity index (χ2n) is 6.00. The van der Waals surface area contributed by atoms with E-state index in [-0.39, 0.29) is 48.5 Å². The monoisotopic (exact) mass is 498 g/mol. The molecule has 196 valence electrons. The largest absolute Gasteiger partial charge is 0.478 e. The highest BCUT2D eigenvalue weighted by atomic mass is 16.4. The summed E-state index contributed by atoms with van der Waals surface area (Å²) in [5.74, 6) is -1.16. The number of carbonyl (C=O) groups is 2. The van der Waals surface area contributed by atoms with E-state index in [1.165, 1.54) is 24.3 Å². The Kier molecular flexibility index (Phi) is 21.6. The highest BCUT2D eigenvalue weighted by Gasteiger charge is 2.04. The van der Waals surface area contributed by atoms with Gasteiger partial charge in [-0.15, -0.1) is 0 Å². The van der Waals surface area contributed by atoms with Gasteiger partial charge in [-0.05, 0) is 47.5 Å². The maximum absolute atomic E-state index is 10.3. The first-order valence-corrected chi connectivity index (χ1v) is 10.00. The number of aliphatic hydroxyl groups excluding tert-OH is 4. The molecule has 0 radical (unpaired) electrons. The molecular weight excluding hydrogens is 464 g/mol. The summed E-state index contributed by atoms with van der Waals surface area (Å²) in [7, 11) is 0. The van der Waals surface area contributed by atoms with Crippen LogP contribution in [0.1, 0.15) is 57.2 Å². The summed E-state index contributed by atoms with van der Waals surface area (Å²) in [5, 5.41) is 51.2. The first kappa shape index (κ1) is 36.0. The van der Waals surface area contributed by atoms with Gasteiger partial charge in [-0.3, -0.25) is 0 Å². The number of benzene rings is 2. The van der Waals surface area contributed by atoms with E-state index in [9.17, 15) is 9.59 Å². The van der Waals surface area contributed by atoms with E-state index < -0.39 is 11.9 Å². The molecule has 35 heavy (non-hydrogen) atoms. The van der Waals surface area contributed by atoms with Crippen LogP contribution in [0.4, 0.5) is 0 Å². The van der Waals surface area contributed by atoms with E-state index in [0.717, 1.165) is 11.1 Å². The summed E-state index contributed by atoms with van der Waals surface area (Å²) >= 11 is 0. The second-order valence-corrected chi connectivity index (χ2v) is 6.00. The fraction of sp³-hybridized carbons (Fsp3) is 0.250. The number of rotatable bonds is 6. The van der Waals surface area contributed by atoms with E-state index in [1.807, 2.05) is 13.8 Å². The number of hydrogen-bond donors (Lipinski definition) is 6. The quantitative estimate of drug-likeness (QED) is 0.288. The lowest BCUT2D eigenvalue weighted by Gasteiger charge is -1.96. The molecular formula is C24H34O11. The zero-order valence-corrected chi connectivity index (χ0v) is 19.5. The number of carboxylic acid groups (broad SMARTS) is 2.